The summed E-state index contributed by atoms with van der Waals surface area (Å²) in [6, 6.07) is 0. The van der Waals surface area contributed by atoms with Gasteiger partial charge in [0.1, 0.15) is 13.2 Å². The molecule has 0 aromatic rings. The number of hydrogen-bond acceptors (Lipinski definition) is 1. The Balaban J connectivity index is 0.000000332. The third kappa shape index (κ3) is 11.2. The van der Waals surface area contributed by atoms with Crippen molar-refractivity contribution in [1.29, 1.82) is 0 Å². The van der Waals surface area contributed by atoms with Gasteiger partial charge in [0.15, 0.2) is 0 Å². The average Bonchev–Trinajstić information content (AvgIpc) is 2.41. The molecule has 3 unspecified atom stereocenters. The van der Waals surface area contributed by atoms with Crippen molar-refractivity contribution in [2.75, 3.05) is 0 Å². The molecule has 0 radical (unpaired) electrons. The number of carbonyl (C=O) groups excluding carboxylic acids is 1. The molecule has 2 rings (SSSR count). The third-order valence-corrected chi connectivity index (χ3v) is 4.85. The van der Waals surface area contributed by atoms with E-state index in [-0.39, 0.29) is 0 Å². The summed E-state index contributed by atoms with van der Waals surface area (Å²) in [4.78, 5) is 11.1. The van der Waals surface area contributed by atoms with E-state index in [1.807, 2.05) is 13.8 Å². The summed E-state index contributed by atoms with van der Waals surface area (Å²) in [5, 5.41) is 0. The Hall–Kier alpha value is -0.0831. The van der Waals surface area contributed by atoms with Gasteiger partial charge in [0.05, 0.1) is 0 Å². The zero-order chi connectivity index (χ0) is 18.2. The number of carbonyl (C=O) groups is 1. The third-order valence-electron chi connectivity index (χ3n) is 4.85. The van der Waals surface area contributed by atoms with Crippen LogP contribution in [0.4, 0.5) is 0 Å². The van der Waals surface area contributed by atoms with Gasteiger partial charge in [0.25, 0.3) is 0 Å². The highest BCUT2D eigenvalue weighted by molar-refractivity contribution is 7.18. The van der Waals surface area contributed by atoms with Crippen molar-refractivity contribution in [3.63, 3.8) is 0 Å². The van der Waals surface area contributed by atoms with Crippen LogP contribution in [-0.2, 0) is 4.79 Å². The topological polar surface area (TPSA) is 17.1 Å². The Bertz CT molecular complexity index is 377. The highest BCUT2D eigenvalue weighted by Crippen LogP contribution is 2.28. The second-order valence-electron chi connectivity index (χ2n) is 8.46. The summed E-state index contributed by atoms with van der Waals surface area (Å²) < 4.78 is 0. The molecule has 2 aliphatic rings. The summed E-state index contributed by atoms with van der Waals surface area (Å²) in [6.07, 6.45) is 7.63. The predicted molar refractivity (Wildman–Crippen MR) is 108 cm³/mol. The summed E-state index contributed by atoms with van der Waals surface area (Å²) in [7, 11) is -1.14. The molecule has 1 fully saturated rings. The van der Waals surface area contributed by atoms with Gasteiger partial charge in [-0.15, -0.1) is 0 Å². The SMILES string of the molecule is CC1=C(C)C(C)CCC1.CC1CCCC(C)C1=O.C[Si](C)(C)Cl. The Kier molecular flexibility index (Phi) is 10.7. The van der Waals surface area contributed by atoms with Crippen LogP contribution in [0.15, 0.2) is 11.1 Å². The second kappa shape index (κ2) is 10.7. The van der Waals surface area contributed by atoms with E-state index in [9.17, 15) is 4.79 Å². The largest absolute Gasteiger partial charge is 0.299 e. The molecule has 23 heavy (non-hydrogen) atoms. The second-order valence-corrected chi connectivity index (χ2v) is 16.0. The van der Waals surface area contributed by atoms with Gasteiger partial charge in [0.2, 0.25) is 0 Å². The van der Waals surface area contributed by atoms with Crippen LogP contribution in [0, 0.1) is 17.8 Å². The van der Waals surface area contributed by atoms with E-state index in [1.54, 1.807) is 11.1 Å². The van der Waals surface area contributed by atoms with Crippen molar-refractivity contribution in [1.82, 2.24) is 0 Å². The Morgan fingerprint density at radius 2 is 1.26 bits per heavy atom. The lowest BCUT2D eigenvalue weighted by Crippen LogP contribution is -2.23. The monoisotopic (exact) mass is 358 g/mol. The molecule has 1 saturated carbocycles. The van der Waals surface area contributed by atoms with Crippen LogP contribution in [0.5, 0.6) is 0 Å². The maximum atomic E-state index is 11.1. The van der Waals surface area contributed by atoms with Crippen molar-refractivity contribution in [3.8, 4) is 0 Å². The minimum atomic E-state index is -1.14. The molecule has 0 aliphatic heterocycles. The van der Waals surface area contributed by atoms with Crippen molar-refractivity contribution in [2.45, 2.75) is 92.8 Å². The zero-order valence-corrected chi connectivity index (χ0v) is 18.5. The summed E-state index contributed by atoms with van der Waals surface area (Å²) in [5.74, 6) is 2.02. The standard InChI is InChI=1S/C9H16.C8H14O.C3H9ClSi/c1-7-5-4-6-8(2)9(7)3;1-6-4-3-5-7(2)8(6)9;1-5(2,3)4/h7H,4-6H2,1-3H3;6-7H,3-5H2,1-2H3;1-3H3. The van der Waals surface area contributed by atoms with E-state index in [1.165, 1.54) is 25.7 Å². The van der Waals surface area contributed by atoms with E-state index in [0.717, 1.165) is 18.8 Å². The number of hydrogen-bond donors (Lipinski definition) is 0. The first kappa shape index (κ1) is 22.9. The number of Topliss-reactive ketones (excluding diaryl/α,β-unsaturated/α-hetero) is 1. The fraction of sp³-hybridized carbons (Fsp3) is 0.850. The van der Waals surface area contributed by atoms with Crippen LogP contribution in [0.2, 0.25) is 19.6 Å². The molecule has 0 amide bonds. The van der Waals surface area contributed by atoms with Gasteiger partial charge >= 0.3 is 0 Å². The minimum absolute atomic E-state index is 0.341. The van der Waals surface area contributed by atoms with Crippen molar-refractivity contribution in [3.05, 3.63) is 11.1 Å². The van der Waals surface area contributed by atoms with Gasteiger partial charge in [-0.2, -0.15) is 11.1 Å². The zero-order valence-electron chi connectivity index (χ0n) is 16.8. The number of rotatable bonds is 0. The Morgan fingerprint density at radius 1 is 0.870 bits per heavy atom. The molecule has 0 spiro atoms. The molecule has 0 saturated heterocycles. The highest BCUT2D eigenvalue weighted by atomic mass is 35.6. The van der Waals surface area contributed by atoms with Crippen LogP contribution in [0.1, 0.15) is 73.1 Å². The highest BCUT2D eigenvalue weighted by Gasteiger charge is 2.23. The first-order chi connectivity index (χ1) is 10.4. The van der Waals surface area contributed by atoms with E-state index in [4.69, 9.17) is 11.1 Å². The van der Waals surface area contributed by atoms with Gasteiger partial charge in [-0.1, -0.05) is 58.0 Å². The summed E-state index contributed by atoms with van der Waals surface area (Å²) in [6.45, 7) is 17.2. The lowest BCUT2D eigenvalue weighted by Gasteiger charge is -2.21. The van der Waals surface area contributed by atoms with E-state index in [2.05, 4.69) is 40.4 Å². The minimum Gasteiger partial charge on any atom is -0.299 e. The number of allylic oxidation sites excluding steroid dienone is 2. The van der Waals surface area contributed by atoms with Crippen molar-refractivity contribution in [2.24, 2.45) is 17.8 Å². The molecule has 3 heteroatoms. The first-order valence-corrected chi connectivity index (χ1v) is 13.8. The van der Waals surface area contributed by atoms with Crippen LogP contribution >= 0.6 is 11.1 Å². The molecule has 2 aliphatic carbocycles. The normalized spacial score (nSPS) is 28.4. The van der Waals surface area contributed by atoms with E-state index in [0.29, 0.717) is 17.6 Å². The van der Waals surface area contributed by atoms with E-state index >= 15 is 0 Å². The summed E-state index contributed by atoms with van der Waals surface area (Å²) >= 11 is 5.67. The average molecular weight is 359 g/mol. The number of ketones is 1. The Labute approximate surface area is 151 Å². The summed E-state index contributed by atoms with van der Waals surface area (Å²) in [5.41, 5.74) is 3.27. The molecule has 3 atom stereocenters. The van der Waals surface area contributed by atoms with Crippen molar-refractivity contribution >= 4 is 24.2 Å². The molecule has 0 bridgehead atoms. The predicted octanol–water partition coefficient (Wildman–Crippen LogP) is 7.21. The molecule has 0 heterocycles. The fourth-order valence-corrected chi connectivity index (χ4v) is 3.01. The van der Waals surface area contributed by atoms with Gasteiger partial charge in [0, 0.05) is 11.8 Å². The smallest absolute Gasteiger partial charge is 0.147 e. The molecule has 0 aromatic carbocycles. The Morgan fingerprint density at radius 3 is 1.57 bits per heavy atom. The van der Waals surface area contributed by atoms with Gasteiger partial charge in [-0.05, 0) is 51.9 Å². The molecule has 1 nitrogen and oxygen atoms in total. The van der Waals surface area contributed by atoms with E-state index < -0.39 is 7.38 Å². The number of halogens is 1. The van der Waals surface area contributed by atoms with Crippen molar-refractivity contribution < 1.29 is 4.79 Å². The molecule has 136 valence electrons. The van der Waals surface area contributed by atoms with Crippen LogP contribution < -0.4 is 0 Å². The van der Waals surface area contributed by atoms with Crippen LogP contribution in [0.3, 0.4) is 0 Å². The maximum absolute atomic E-state index is 11.1. The maximum Gasteiger partial charge on any atom is 0.147 e. The molecular weight excluding hydrogens is 320 g/mol. The van der Waals surface area contributed by atoms with Gasteiger partial charge < -0.3 is 0 Å². The van der Waals surface area contributed by atoms with Gasteiger partial charge in [-0.3, -0.25) is 4.79 Å². The lowest BCUT2D eigenvalue weighted by molar-refractivity contribution is -0.127. The first-order valence-electron chi connectivity index (χ1n) is 9.32. The van der Waals surface area contributed by atoms with Crippen LogP contribution in [-0.4, -0.2) is 13.2 Å². The fourth-order valence-electron chi connectivity index (χ4n) is 3.01. The molecular formula is C20H39ClOSi. The van der Waals surface area contributed by atoms with Crippen LogP contribution in [0.25, 0.3) is 0 Å². The lowest BCUT2D eigenvalue weighted by atomic mass is 9.82. The van der Waals surface area contributed by atoms with Gasteiger partial charge in [-0.25, -0.2) is 0 Å². The quantitative estimate of drug-likeness (QED) is 0.254. The molecule has 0 N–H and O–H groups in total. The molecule has 0 aromatic heterocycles.